The van der Waals surface area contributed by atoms with Crippen molar-refractivity contribution in [1.82, 2.24) is 5.32 Å². The Morgan fingerprint density at radius 3 is 2.52 bits per heavy atom. The highest BCUT2D eigenvalue weighted by molar-refractivity contribution is 5.22. The lowest BCUT2D eigenvalue weighted by Gasteiger charge is -2.31. The van der Waals surface area contributed by atoms with Crippen LogP contribution in [-0.2, 0) is 17.9 Å². The summed E-state index contributed by atoms with van der Waals surface area (Å²) in [6.07, 6.45) is 5.44. The van der Waals surface area contributed by atoms with Gasteiger partial charge in [-0.2, -0.15) is 0 Å². The summed E-state index contributed by atoms with van der Waals surface area (Å²) in [5.41, 5.74) is 2.66. The van der Waals surface area contributed by atoms with E-state index in [4.69, 9.17) is 4.74 Å². The van der Waals surface area contributed by atoms with Gasteiger partial charge in [0.1, 0.15) is 0 Å². The van der Waals surface area contributed by atoms with Gasteiger partial charge in [0.2, 0.25) is 0 Å². The first-order valence-electron chi connectivity index (χ1n) is 8.57. The molecule has 1 aromatic rings. The van der Waals surface area contributed by atoms with Gasteiger partial charge < -0.3 is 10.1 Å². The predicted octanol–water partition coefficient (Wildman–Crippen LogP) is 4.53. The SMILES string of the molecule is CCCNCc1cccc(COC2CC(C)CC(C)C2)c1. The Morgan fingerprint density at radius 2 is 1.81 bits per heavy atom. The maximum atomic E-state index is 6.17. The monoisotopic (exact) mass is 289 g/mol. The molecule has 1 aliphatic carbocycles. The Morgan fingerprint density at radius 1 is 1.10 bits per heavy atom. The summed E-state index contributed by atoms with van der Waals surface area (Å²) >= 11 is 0. The van der Waals surface area contributed by atoms with Crippen molar-refractivity contribution in [3.63, 3.8) is 0 Å². The van der Waals surface area contributed by atoms with Gasteiger partial charge in [-0.3, -0.25) is 0 Å². The predicted molar refractivity (Wildman–Crippen MR) is 89.2 cm³/mol. The van der Waals surface area contributed by atoms with Gasteiger partial charge in [0.05, 0.1) is 12.7 Å². The fourth-order valence-electron chi connectivity index (χ4n) is 3.46. The van der Waals surface area contributed by atoms with E-state index in [0.29, 0.717) is 6.10 Å². The molecule has 2 nitrogen and oxygen atoms in total. The third-order valence-electron chi connectivity index (χ3n) is 4.37. The van der Waals surface area contributed by atoms with Crippen molar-refractivity contribution in [3.05, 3.63) is 35.4 Å². The third-order valence-corrected chi connectivity index (χ3v) is 4.37. The van der Waals surface area contributed by atoms with Crippen molar-refractivity contribution in [3.8, 4) is 0 Å². The summed E-state index contributed by atoms with van der Waals surface area (Å²) in [6, 6.07) is 8.79. The quantitative estimate of drug-likeness (QED) is 0.745. The molecule has 0 aliphatic heterocycles. The Hall–Kier alpha value is -0.860. The fourth-order valence-corrected chi connectivity index (χ4v) is 3.46. The van der Waals surface area contributed by atoms with Gasteiger partial charge in [0.15, 0.2) is 0 Å². The zero-order chi connectivity index (χ0) is 15.1. The molecule has 2 rings (SSSR count). The molecular formula is C19H31NO. The number of hydrogen-bond acceptors (Lipinski definition) is 2. The first kappa shape index (κ1) is 16.5. The second-order valence-corrected chi connectivity index (χ2v) is 6.85. The second-order valence-electron chi connectivity index (χ2n) is 6.85. The van der Waals surface area contributed by atoms with Crippen LogP contribution in [0.15, 0.2) is 24.3 Å². The van der Waals surface area contributed by atoms with Gasteiger partial charge >= 0.3 is 0 Å². The smallest absolute Gasteiger partial charge is 0.0720 e. The molecule has 1 aromatic carbocycles. The van der Waals surface area contributed by atoms with Crippen LogP contribution in [0.25, 0.3) is 0 Å². The van der Waals surface area contributed by atoms with Crippen LogP contribution >= 0.6 is 0 Å². The van der Waals surface area contributed by atoms with Gasteiger partial charge in [0.25, 0.3) is 0 Å². The van der Waals surface area contributed by atoms with E-state index in [1.807, 2.05) is 0 Å². The molecule has 21 heavy (non-hydrogen) atoms. The molecule has 0 bridgehead atoms. The highest BCUT2D eigenvalue weighted by atomic mass is 16.5. The Kier molecular flexibility index (Phi) is 6.72. The zero-order valence-electron chi connectivity index (χ0n) is 13.9. The minimum Gasteiger partial charge on any atom is -0.374 e. The van der Waals surface area contributed by atoms with Crippen molar-refractivity contribution in [1.29, 1.82) is 0 Å². The van der Waals surface area contributed by atoms with E-state index in [9.17, 15) is 0 Å². The van der Waals surface area contributed by atoms with Gasteiger partial charge in [-0.25, -0.2) is 0 Å². The Balaban J connectivity index is 1.81. The van der Waals surface area contributed by atoms with Crippen LogP contribution in [0.4, 0.5) is 0 Å². The molecule has 0 radical (unpaired) electrons. The van der Waals surface area contributed by atoms with E-state index in [0.717, 1.165) is 31.5 Å². The molecule has 1 aliphatic rings. The normalized spacial score (nSPS) is 26.0. The summed E-state index contributed by atoms with van der Waals surface area (Å²) < 4.78 is 6.17. The molecule has 118 valence electrons. The average Bonchev–Trinajstić information content (AvgIpc) is 2.45. The van der Waals surface area contributed by atoms with Crippen molar-refractivity contribution >= 4 is 0 Å². The van der Waals surface area contributed by atoms with Crippen molar-refractivity contribution in [2.45, 2.75) is 65.7 Å². The number of hydrogen-bond donors (Lipinski definition) is 1. The molecule has 1 N–H and O–H groups in total. The molecule has 0 amide bonds. The van der Waals surface area contributed by atoms with Crippen LogP contribution in [-0.4, -0.2) is 12.6 Å². The topological polar surface area (TPSA) is 21.3 Å². The average molecular weight is 289 g/mol. The van der Waals surface area contributed by atoms with Crippen molar-refractivity contribution < 1.29 is 4.74 Å². The molecule has 0 aromatic heterocycles. The number of nitrogens with one attached hydrogen (secondary N) is 1. The summed E-state index contributed by atoms with van der Waals surface area (Å²) in [6.45, 7) is 9.70. The van der Waals surface area contributed by atoms with Crippen LogP contribution < -0.4 is 5.32 Å². The molecule has 0 saturated heterocycles. The second kappa shape index (κ2) is 8.55. The molecule has 2 atom stereocenters. The molecule has 0 spiro atoms. The standard InChI is InChI=1S/C19H31NO/c1-4-8-20-13-17-6-5-7-18(12-17)14-21-19-10-15(2)9-16(3)11-19/h5-7,12,15-16,19-20H,4,8-11,13-14H2,1-3H3. The summed E-state index contributed by atoms with van der Waals surface area (Å²) in [7, 11) is 0. The lowest BCUT2D eigenvalue weighted by Crippen LogP contribution is -2.26. The molecule has 1 fully saturated rings. The summed E-state index contributed by atoms with van der Waals surface area (Å²) in [5.74, 6) is 1.62. The maximum absolute atomic E-state index is 6.17. The Labute approximate surface area is 130 Å². The number of ether oxygens (including phenoxy) is 1. The summed E-state index contributed by atoms with van der Waals surface area (Å²) in [4.78, 5) is 0. The van der Waals surface area contributed by atoms with Crippen molar-refractivity contribution in [2.75, 3.05) is 6.54 Å². The van der Waals surface area contributed by atoms with Gasteiger partial charge in [-0.1, -0.05) is 45.0 Å². The highest BCUT2D eigenvalue weighted by Crippen LogP contribution is 2.30. The van der Waals surface area contributed by atoms with Crippen LogP contribution in [0.1, 0.15) is 57.6 Å². The fraction of sp³-hybridized carbons (Fsp3) is 0.684. The highest BCUT2D eigenvalue weighted by Gasteiger charge is 2.24. The van der Waals surface area contributed by atoms with Gasteiger partial charge in [-0.05, 0) is 55.2 Å². The first-order valence-corrected chi connectivity index (χ1v) is 8.57. The summed E-state index contributed by atoms with van der Waals surface area (Å²) in [5, 5.41) is 3.45. The largest absolute Gasteiger partial charge is 0.374 e. The number of benzene rings is 1. The molecule has 0 heterocycles. The van der Waals surface area contributed by atoms with Crippen LogP contribution in [0.5, 0.6) is 0 Å². The van der Waals surface area contributed by atoms with Gasteiger partial charge in [-0.15, -0.1) is 0 Å². The van der Waals surface area contributed by atoms with E-state index in [2.05, 4.69) is 50.4 Å². The zero-order valence-corrected chi connectivity index (χ0v) is 13.9. The van der Waals surface area contributed by atoms with Crippen molar-refractivity contribution in [2.24, 2.45) is 11.8 Å². The Bertz CT molecular complexity index is 408. The van der Waals surface area contributed by atoms with Crippen LogP contribution in [0.2, 0.25) is 0 Å². The molecular weight excluding hydrogens is 258 g/mol. The van der Waals surface area contributed by atoms with E-state index < -0.39 is 0 Å². The lowest BCUT2D eigenvalue weighted by atomic mass is 9.82. The van der Waals surface area contributed by atoms with E-state index in [1.54, 1.807) is 0 Å². The van der Waals surface area contributed by atoms with Gasteiger partial charge in [0, 0.05) is 6.54 Å². The molecule has 2 heteroatoms. The lowest BCUT2D eigenvalue weighted by molar-refractivity contribution is -0.00917. The van der Waals surface area contributed by atoms with Crippen LogP contribution in [0, 0.1) is 11.8 Å². The van der Waals surface area contributed by atoms with E-state index in [1.165, 1.54) is 36.8 Å². The first-order chi connectivity index (χ1) is 10.2. The van der Waals surface area contributed by atoms with E-state index in [-0.39, 0.29) is 0 Å². The molecule has 2 unspecified atom stereocenters. The minimum absolute atomic E-state index is 0.450. The van der Waals surface area contributed by atoms with E-state index >= 15 is 0 Å². The maximum Gasteiger partial charge on any atom is 0.0720 e. The third kappa shape index (κ3) is 5.80. The minimum atomic E-state index is 0.450. The van der Waals surface area contributed by atoms with Crippen LogP contribution in [0.3, 0.4) is 0 Å². The molecule has 1 saturated carbocycles. The number of rotatable bonds is 7.